The van der Waals surface area contributed by atoms with E-state index < -0.39 is 0 Å². The topological polar surface area (TPSA) is 40.5 Å². The molecule has 0 saturated heterocycles. The molecular formula is C18H20O2. The van der Waals surface area contributed by atoms with E-state index in [-0.39, 0.29) is 0 Å². The van der Waals surface area contributed by atoms with E-state index >= 15 is 0 Å². The van der Waals surface area contributed by atoms with E-state index in [1.165, 1.54) is 0 Å². The van der Waals surface area contributed by atoms with Gasteiger partial charge < -0.3 is 10.2 Å². The summed E-state index contributed by atoms with van der Waals surface area (Å²) in [5.74, 6) is 0.607. The molecule has 0 radical (unpaired) electrons. The molecule has 0 heterocycles. The highest BCUT2D eigenvalue weighted by Gasteiger charge is 2.01. The largest absolute Gasteiger partial charge is 0.508 e. The molecule has 0 spiro atoms. The van der Waals surface area contributed by atoms with Crippen molar-refractivity contribution in [2.75, 3.05) is 0 Å². The molecule has 0 fully saturated rings. The second-order valence-corrected chi connectivity index (χ2v) is 4.81. The van der Waals surface area contributed by atoms with Gasteiger partial charge >= 0.3 is 0 Å². The summed E-state index contributed by atoms with van der Waals surface area (Å²) in [5, 5.41) is 19.0. The molecule has 2 heteroatoms. The molecule has 0 bridgehead atoms. The van der Waals surface area contributed by atoms with Crippen LogP contribution in [0.4, 0.5) is 0 Å². The zero-order valence-electron chi connectivity index (χ0n) is 11.9. The standard InChI is InChI=1S/C18H20O2/c1-3-13-11-17(19)9-7-15(13)5-6-16-8-10-18(20)12-14(16)4-2/h5-12,19-20H,3-4H2,1-2H3/b6-5+. The lowest BCUT2D eigenvalue weighted by Gasteiger charge is -2.06. The first-order chi connectivity index (χ1) is 9.63. The van der Waals surface area contributed by atoms with E-state index in [2.05, 4.69) is 26.0 Å². The third-order valence-electron chi connectivity index (χ3n) is 3.46. The van der Waals surface area contributed by atoms with Crippen LogP contribution in [0.2, 0.25) is 0 Å². The lowest BCUT2D eigenvalue weighted by atomic mass is 10.0. The Balaban J connectivity index is 2.34. The number of hydrogen-bond donors (Lipinski definition) is 2. The van der Waals surface area contributed by atoms with Crippen LogP contribution < -0.4 is 0 Å². The number of phenols is 2. The summed E-state index contributed by atoms with van der Waals surface area (Å²) in [6.45, 7) is 4.15. The fourth-order valence-corrected chi connectivity index (χ4v) is 2.30. The fourth-order valence-electron chi connectivity index (χ4n) is 2.30. The van der Waals surface area contributed by atoms with Gasteiger partial charge in [-0.05, 0) is 59.4 Å². The summed E-state index contributed by atoms with van der Waals surface area (Å²) < 4.78 is 0. The molecule has 2 N–H and O–H groups in total. The van der Waals surface area contributed by atoms with Gasteiger partial charge in [0.2, 0.25) is 0 Å². The van der Waals surface area contributed by atoms with Crippen molar-refractivity contribution in [1.29, 1.82) is 0 Å². The minimum absolute atomic E-state index is 0.304. The molecule has 0 aromatic heterocycles. The van der Waals surface area contributed by atoms with Crippen molar-refractivity contribution in [2.24, 2.45) is 0 Å². The summed E-state index contributed by atoms with van der Waals surface area (Å²) in [5.41, 5.74) is 4.47. The predicted molar refractivity (Wildman–Crippen MR) is 83.9 cm³/mol. The zero-order valence-corrected chi connectivity index (χ0v) is 11.9. The summed E-state index contributed by atoms with van der Waals surface area (Å²) in [4.78, 5) is 0. The van der Waals surface area contributed by atoms with Crippen LogP contribution in [0.15, 0.2) is 36.4 Å². The van der Waals surface area contributed by atoms with E-state index in [0.29, 0.717) is 11.5 Å². The highest BCUT2D eigenvalue weighted by atomic mass is 16.3. The first-order valence-corrected chi connectivity index (χ1v) is 6.96. The summed E-state index contributed by atoms with van der Waals surface area (Å²) in [6.07, 6.45) is 5.88. The van der Waals surface area contributed by atoms with Crippen LogP contribution in [0.3, 0.4) is 0 Å². The second kappa shape index (κ2) is 6.29. The average Bonchev–Trinajstić information content (AvgIpc) is 2.46. The molecule has 0 saturated carbocycles. The smallest absolute Gasteiger partial charge is 0.115 e. The minimum atomic E-state index is 0.304. The molecule has 104 valence electrons. The van der Waals surface area contributed by atoms with Gasteiger partial charge in [-0.25, -0.2) is 0 Å². The van der Waals surface area contributed by atoms with Gasteiger partial charge in [-0.3, -0.25) is 0 Å². The van der Waals surface area contributed by atoms with Gasteiger partial charge in [-0.15, -0.1) is 0 Å². The van der Waals surface area contributed by atoms with Gasteiger partial charge in [0.15, 0.2) is 0 Å². The number of aromatic hydroxyl groups is 2. The highest BCUT2D eigenvalue weighted by Crippen LogP contribution is 2.22. The molecule has 20 heavy (non-hydrogen) atoms. The third kappa shape index (κ3) is 3.21. The average molecular weight is 268 g/mol. The molecule has 0 aliphatic heterocycles. The maximum absolute atomic E-state index is 9.51. The van der Waals surface area contributed by atoms with Gasteiger partial charge in [-0.2, -0.15) is 0 Å². The zero-order chi connectivity index (χ0) is 14.5. The summed E-state index contributed by atoms with van der Waals surface area (Å²) >= 11 is 0. The molecule has 2 aromatic rings. The Bertz CT molecular complexity index is 572. The van der Waals surface area contributed by atoms with Crippen molar-refractivity contribution in [1.82, 2.24) is 0 Å². The van der Waals surface area contributed by atoms with E-state index in [0.717, 1.165) is 35.1 Å². The van der Waals surface area contributed by atoms with Gasteiger partial charge in [0, 0.05) is 0 Å². The van der Waals surface area contributed by atoms with Crippen LogP contribution in [0.5, 0.6) is 11.5 Å². The molecule has 2 nitrogen and oxygen atoms in total. The molecule has 0 unspecified atom stereocenters. The maximum Gasteiger partial charge on any atom is 0.115 e. The Kier molecular flexibility index (Phi) is 4.46. The van der Waals surface area contributed by atoms with E-state index in [1.807, 2.05) is 12.1 Å². The quantitative estimate of drug-likeness (QED) is 0.807. The number of phenolic OH excluding ortho intramolecular Hbond substituents is 2. The van der Waals surface area contributed by atoms with Crippen molar-refractivity contribution in [3.05, 3.63) is 58.7 Å². The summed E-state index contributed by atoms with van der Waals surface area (Å²) in [7, 11) is 0. The van der Waals surface area contributed by atoms with Gasteiger partial charge in [0.1, 0.15) is 11.5 Å². The Morgan fingerprint density at radius 3 is 1.50 bits per heavy atom. The lowest BCUT2D eigenvalue weighted by molar-refractivity contribution is 0.474. The molecule has 0 amide bonds. The van der Waals surface area contributed by atoms with E-state index in [9.17, 15) is 10.2 Å². The minimum Gasteiger partial charge on any atom is -0.508 e. The number of benzene rings is 2. The van der Waals surface area contributed by atoms with Crippen LogP contribution in [0, 0.1) is 0 Å². The molecule has 2 aromatic carbocycles. The van der Waals surface area contributed by atoms with E-state index in [1.54, 1.807) is 24.3 Å². The van der Waals surface area contributed by atoms with Crippen LogP contribution in [-0.4, -0.2) is 10.2 Å². The Hall–Kier alpha value is -2.22. The van der Waals surface area contributed by atoms with Crippen LogP contribution >= 0.6 is 0 Å². The van der Waals surface area contributed by atoms with Crippen LogP contribution in [-0.2, 0) is 12.8 Å². The normalized spacial score (nSPS) is 11.1. The summed E-state index contributed by atoms with van der Waals surface area (Å²) in [6, 6.07) is 10.9. The number of hydrogen-bond acceptors (Lipinski definition) is 2. The first-order valence-electron chi connectivity index (χ1n) is 6.96. The molecule has 0 aliphatic carbocycles. The van der Waals surface area contributed by atoms with Gasteiger partial charge in [0.05, 0.1) is 0 Å². The first kappa shape index (κ1) is 14.2. The lowest BCUT2D eigenvalue weighted by Crippen LogP contribution is -1.87. The monoisotopic (exact) mass is 268 g/mol. The van der Waals surface area contributed by atoms with Crippen molar-refractivity contribution in [3.8, 4) is 11.5 Å². The Morgan fingerprint density at radius 2 is 1.15 bits per heavy atom. The predicted octanol–water partition coefficient (Wildman–Crippen LogP) is 4.39. The number of rotatable bonds is 4. The van der Waals surface area contributed by atoms with Crippen molar-refractivity contribution in [3.63, 3.8) is 0 Å². The fraction of sp³-hybridized carbons (Fsp3) is 0.222. The number of aryl methyl sites for hydroxylation is 2. The second-order valence-electron chi connectivity index (χ2n) is 4.81. The van der Waals surface area contributed by atoms with Crippen molar-refractivity contribution in [2.45, 2.75) is 26.7 Å². The molecule has 0 aliphatic rings. The SMILES string of the molecule is CCc1cc(O)ccc1/C=C/c1ccc(O)cc1CC. The highest BCUT2D eigenvalue weighted by molar-refractivity contribution is 5.73. The Labute approximate surface area is 120 Å². The molecule has 2 rings (SSSR count). The molecular weight excluding hydrogens is 248 g/mol. The third-order valence-corrected chi connectivity index (χ3v) is 3.46. The maximum atomic E-state index is 9.51. The van der Waals surface area contributed by atoms with Crippen molar-refractivity contribution < 1.29 is 10.2 Å². The Morgan fingerprint density at radius 1 is 0.750 bits per heavy atom. The van der Waals surface area contributed by atoms with Gasteiger partial charge in [0.25, 0.3) is 0 Å². The van der Waals surface area contributed by atoms with Crippen LogP contribution in [0.25, 0.3) is 12.2 Å². The molecule has 0 atom stereocenters. The van der Waals surface area contributed by atoms with E-state index in [4.69, 9.17) is 0 Å². The van der Waals surface area contributed by atoms with Crippen molar-refractivity contribution >= 4 is 12.2 Å². The van der Waals surface area contributed by atoms with Crippen LogP contribution in [0.1, 0.15) is 36.1 Å². The van der Waals surface area contributed by atoms with Gasteiger partial charge in [-0.1, -0.05) is 38.1 Å².